The molecule has 0 bridgehead atoms. The van der Waals surface area contributed by atoms with Gasteiger partial charge in [-0.05, 0) is 33.6 Å². The quantitative estimate of drug-likeness (QED) is 0.882. The Morgan fingerprint density at radius 2 is 1.90 bits per heavy atom. The molecular formula is C15H13BrClNO2. The van der Waals surface area contributed by atoms with Crippen LogP contribution in [0.4, 0.5) is 0 Å². The van der Waals surface area contributed by atoms with Crippen LogP contribution in [-0.2, 0) is 0 Å². The molecule has 2 N–H and O–H groups in total. The molecule has 2 rings (SSSR count). The second-order valence-electron chi connectivity index (χ2n) is 4.22. The van der Waals surface area contributed by atoms with E-state index in [9.17, 15) is 9.90 Å². The van der Waals surface area contributed by atoms with Gasteiger partial charge in [0.1, 0.15) is 0 Å². The van der Waals surface area contributed by atoms with E-state index in [0.717, 1.165) is 5.56 Å². The topological polar surface area (TPSA) is 49.3 Å². The molecule has 0 aliphatic heterocycles. The van der Waals surface area contributed by atoms with Crippen LogP contribution >= 0.6 is 27.5 Å². The fourth-order valence-electron chi connectivity index (χ4n) is 1.83. The second kappa shape index (κ2) is 6.88. The van der Waals surface area contributed by atoms with Crippen molar-refractivity contribution in [2.24, 2.45) is 0 Å². The fourth-order valence-corrected chi connectivity index (χ4v) is 2.41. The van der Waals surface area contributed by atoms with Crippen LogP contribution < -0.4 is 5.32 Å². The largest absolute Gasteiger partial charge is 0.394 e. The van der Waals surface area contributed by atoms with E-state index in [4.69, 9.17) is 11.6 Å². The lowest BCUT2D eigenvalue weighted by atomic mass is 10.1. The highest BCUT2D eigenvalue weighted by Gasteiger charge is 2.17. The van der Waals surface area contributed by atoms with E-state index in [2.05, 4.69) is 21.2 Å². The van der Waals surface area contributed by atoms with Gasteiger partial charge < -0.3 is 10.4 Å². The van der Waals surface area contributed by atoms with Crippen molar-refractivity contribution in [3.05, 3.63) is 69.2 Å². The third-order valence-corrected chi connectivity index (χ3v) is 4.18. The molecule has 0 heterocycles. The van der Waals surface area contributed by atoms with E-state index in [-0.39, 0.29) is 12.5 Å². The van der Waals surface area contributed by atoms with Gasteiger partial charge in [-0.25, -0.2) is 0 Å². The van der Waals surface area contributed by atoms with Crippen LogP contribution in [-0.4, -0.2) is 17.6 Å². The molecule has 0 fully saturated rings. The van der Waals surface area contributed by atoms with Gasteiger partial charge in [0.25, 0.3) is 5.91 Å². The lowest BCUT2D eigenvalue weighted by Crippen LogP contribution is -2.31. The molecule has 0 aliphatic rings. The average Bonchev–Trinajstić information content (AvgIpc) is 2.48. The fraction of sp³-hybridized carbons (Fsp3) is 0.133. The number of hydrogen-bond donors (Lipinski definition) is 2. The van der Waals surface area contributed by atoms with Gasteiger partial charge in [0.2, 0.25) is 0 Å². The zero-order chi connectivity index (χ0) is 14.5. The first-order valence-corrected chi connectivity index (χ1v) is 7.21. The van der Waals surface area contributed by atoms with Crippen molar-refractivity contribution in [1.29, 1.82) is 0 Å². The number of nitrogens with one attached hydrogen (secondary N) is 1. The van der Waals surface area contributed by atoms with E-state index in [0.29, 0.717) is 15.1 Å². The Kier molecular flexibility index (Phi) is 5.17. The SMILES string of the molecule is O=C(N[C@H](CO)c1ccccc1)c1cccc(Br)c1Cl. The first-order valence-electron chi connectivity index (χ1n) is 6.04. The molecule has 2 aromatic carbocycles. The highest BCUT2D eigenvalue weighted by Crippen LogP contribution is 2.26. The lowest BCUT2D eigenvalue weighted by molar-refractivity contribution is 0.0916. The molecule has 0 radical (unpaired) electrons. The molecule has 0 saturated carbocycles. The van der Waals surface area contributed by atoms with Gasteiger partial charge in [-0.15, -0.1) is 0 Å². The molecule has 3 nitrogen and oxygen atoms in total. The third kappa shape index (κ3) is 3.39. The standard InChI is InChI=1S/C15H13BrClNO2/c16-12-8-4-7-11(14(12)17)15(20)18-13(9-19)10-5-2-1-3-6-10/h1-8,13,19H,9H2,(H,18,20)/t13-/m1/s1. The molecule has 1 atom stereocenters. The molecule has 0 aliphatic carbocycles. The zero-order valence-electron chi connectivity index (χ0n) is 10.5. The lowest BCUT2D eigenvalue weighted by Gasteiger charge is -2.17. The summed E-state index contributed by atoms with van der Waals surface area (Å²) < 4.78 is 0.659. The number of aliphatic hydroxyl groups excluding tert-OH is 1. The number of carbonyl (C=O) groups is 1. The maximum absolute atomic E-state index is 12.2. The Morgan fingerprint density at radius 1 is 1.20 bits per heavy atom. The van der Waals surface area contributed by atoms with E-state index in [1.807, 2.05) is 30.3 Å². The normalized spacial score (nSPS) is 11.9. The number of hydrogen-bond acceptors (Lipinski definition) is 2. The van der Waals surface area contributed by atoms with Crippen LogP contribution in [0.5, 0.6) is 0 Å². The van der Waals surface area contributed by atoms with E-state index in [1.165, 1.54) is 0 Å². The minimum atomic E-state index is -0.459. The number of aliphatic hydroxyl groups is 1. The van der Waals surface area contributed by atoms with Crippen molar-refractivity contribution in [3.8, 4) is 0 Å². The summed E-state index contributed by atoms with van der Waals surface area (Å²) in [6.45, 7) is -0.179. The Bertz CT molecular complexity index is 604. The third-order valence-electron chi connectivity index (χ3n) is 2.89. The van der Waals surface area contributed by atoms with Crippen molar-refractivity contribution in [3.63, 3.8) is 0 Å². The number of carbonyl (C=O) groups excluding carboxylic acids is 1. The molecule has 0 saturated heterocycles. The summed E-state index contributed by atoms with van der Waals surface area (Å²) in [5.74, 6) is -0.320. The van der Waals surface area contributed by atoms with E-state index in [1.54, 1.807) is 18.2 Å². The van der Waals surface area contributed by atoms with Crippen LogP contribution in [0.15, 0.2) is 53.0 Å². The Balaban J connectivity index is 2.20. The van der Waals surface area contributed by atoms with E-state index >= 15 is 0 Å². The minimum Gasteiger partial charge on any atom is -0.394 e. The van der Waals surface area contributed by atoms with Gasteiger partial charge in [-0.1, -0.05) is 48.0 Å². The smallest absolute Gasteiger partial charge is 0.253 e. The Labute approximate surface area is 130 Å². The summed E-state index contributed by atoms with van der Waals surface area (Å²) >= 11 is 9.37. The van der Waals surface area contributed by atoms with Crippen molar-refractivity contribution >= 4 is 33.4 Å². The molecule has 104 valence electrons. The Morgan fingerprint density at radius 3 is 2.55 bits per heavy atom. The summed E-state index contributed by atoms with van der Waals surface area (Å²) in [5.41, 5.74) is 1.21. The summed E-state index contributed by atoms with van der Waals surface area (Å²) in [7, 11) is 0. The van der Waals surface area contributed by atoms with Gasteiger partial charge in [0, 0.05) is 4.47 Å². The maximum Gasteiger partial charge on any atom is 0.253 e. The summed E-state index contributed by atoms with van der Waals surface area (Å²) in [6.07, 6.45) is 0. The number of halogens is 2. The van der Waals surface area contributed by atoms with Crippen LogP contribution in [0.1, 0.15) is 22.0 Å². The monoisotopic (exact) mass is 353 g/mol. The first kappa shape index (κ1) is 15.0. The van der Waals surface area contributed by atoms with Crippen molar-refractivity contribution in [2.75, 3.05) is 6.61 Å². The molecule has 20 heavy (non-hydrogen) atoms. The van der Waals surface area contributed by atoms with Crippen molar-refractivity contribution < 1.29 is 9.90 Å². The van der Waals surface area contributed by atoms with Gasteiger partial charge in [-0.3, -0.25) is 4.79 Å². The van der Waals surface area contributed by atoms with Crippen LogP contribution in [0, 0.1) is 0 Å². The summed E-state index contributed by atoms with van der Waals surface area (Å²) in [4.78, 5) is 12.2. The molecule has 0 spiro atoms. The molecule has 1 amide bonds. The number of benzene rings is 2. The number of rotatable bonds is 4. The van der Waals surface area contributed by atoms with E-state index < -0.39 is 6.04 Å². The molecule has 0 aromatic heterocycles. The Hall–Kier alpha value is -1.36. The highest BCUT2D eigenvalue weighted by molar-refractivity contribution is 9.10. The molecule has 2 aromatic rings. The maximum atomic E-state index is 12.2. The van der Waals surface area contributed by atoms with Gasteiger partial charge in [-0.2, -0.15) is 0 Å². The summed E-state index contributed by atoms with van der Waals surface area (Å²) in [5, 5.41) is 12.6. The van der Waals surface area contributed by atoms with Gasteiger partial charge >= 0.3 is 0 Å². The predicted molar refractivity (Wildman–Crippen MR) is 82.9 cm³/mol. The van der Waals surface area contributed by atoms with Crippen LogP contribution in [0.3, 0.4) is 0 Å². The van der Waals surface area contributed by atoms with Gasteiger partial charge in [0.15, 0.2) is 0 Å². The molecule has 5 heteroatoms. The van der Waals surface area contributed by atoms with Crippen molar-refractivity contribution in [2.45, 2.75) is 6.04 Å². The highest BCUT2D eigenvalue weighted by atomic mass is 79.9. The van der Waals surface area contributed by atoms with Crippen molar-refractivity contribution in [1.82, 2.24) is 5.32 Å². The zero-order valence-corrected chi connectivity index (χ0v) is 12.9. The second-order valence-corrected chi connectivity index (χ2v) is 5.45. The predicted octanol–water partition coefficient (Wildman–Crippen LogP) is 3.57. The average molecular weight is 355 g/mol. The minimum absolute atomic E-state index is 0.179. The van der Waals surface area contributed by atoms with Crippen LogP contribution in [0.2, 0.25) is 5.02 Å². The van der Waals surface area contributed by atoms with Crippen LogP contribution in [0.25, 0.3) is 0 Å². The first-order chi connectivity index (χ1) is 9.63. The summed E-state index contributed by atoms with van der Waals surface area (Å²) in [6, 6.07) is 14.0. The number of amides is 1. The molecular weight excluding hydrogens is 342 g/mol. The molecule has 0 unspecified atom stereocenters. The van der Waals surface area contributed by atoms with Gasteiger partial charge in [0.05, 0.1) is 23.2 Å².